The number of rotatable bonds is 11. The van der Waals surface area contributed by atoms with Gasteiger partial charge < -0.3 is 14.0 Å². The summed E-state index contributed by atoms with van der Waals surface area (Å²) in [5.41, 5.74) is 1.16. The average Bonchev–Trinajstić information content (AvgIpc) is 2.51. The molecule has 1 aromatic rings. The molecule has 0 aliphatic heterocycles. The Bertz CT molecular complexity index is 444. The molecule has 1 aliphatic rings. The molecule has 1 atom stereocenters. The molecule has 0 radical (unpaired) electrons. The van der Waals surface area contributed by atoms with E-state index in [4.69, 9.17) is 14.0 Å². The molecule has 0 heterocycles. The molecule has 0 bridgehead atoms. The molecule has 1 saturated carbocycles. The van der Waals surface area contributed by atoms with Crippen molar-refractivity contribution in [1.29, 1.82) is 0 Å². The van der Waals surface area contributed by atoms with Crippen LogP contribution in [0.3, 0.4) is 0 Å². The van der Waals surface area contributed by atoms with Crippen molar-refractivity contribution < 1.29 is 22.8 Å². The van der Waals surface area contributed by atoms with Gasteiger partial charge in [-0.05, 0) is 46.9 Å². The van der Waals surface area contributed by atoms with Crippen molar-refractivity contribution in [3.8, 4) is 0 Å². The van der Waals surface area contributed by atoms with Crippen molar-refractivity contribution in [3.05, 3.63) is 35.9 Å². The van der Waals surface area contributed by atoms with Gasteiger partial charge in [-0.1, -0.05) is 30.3 Å². The third-order valence-electron chi connectivity index (χ3n) is 3.76. The molecular formula is C16H22F2IO3P. The normalized spacial score (nSPS) is 21.7. The van der Waals surface area contributed by atoms with E-state index in [0.717, 1.165) is 18.4 Å². The van der Waals surface area contributed by atoms with Crippen LogP contribution in [0, 0.1) is 0 Å². The number of hydrogen-bond acceptors (Lipinski definition) is 3. The number of halogens is 3. The molecule has 2 rings (SSSR count). The van der Waals surface area contributed by atoms with E-state index in [9.17, 15) is 8.78 Å². The lowest BCUT2D eigenvalue weighted by Crippen LogP contribution is -2.37. The highest BCUT2D eigenvalue weighted by Gasteiger charge is 2.32. The second-order valence-electron chi connectivity index (χ2n) is 5.71. The van der Waals surface area contributed by atoms with Crippen LogP contribution in [-0.2, 0) is 20.6 Å². The maximum atomic E-state index is 13.4. The Kier molecular flexibility index (Phi) is 8.61. The van der Waals surface area contributed by atoms with Crippen molar-refractivity contribution in [2.45, 2.75) is 50.4 Å². The zero-order chi connectivity index (χ0) is 16.5. The summed E-state index contributed by atoms with van der Waals surface area (Å²) in [6.07, 6.45) is 2.24. The fraction of sp³-hybridized carbons (Fsp3) is 0.625. The lowest BCUT2D eigenvalue weighted by Gasteiger charge is -2.35. The van der Waals surface area contributed by atoms with Crippen molar-refractivity contribution in [3.63, 3.8) is 0 Å². The molecule has 7 heteroatoms. The largest absolute Gasteiger partial charge is 0.378 e. The number of alkyl halides is 2. The third-order valence-corrected chi connectivity index (χ3v) is 4.95. The van der Waals surface area contributed by atoms with Gasteiger partial charge in [-0.3, -0.25) is 0 Å². The van der Waals surface area contributed by atoms with Gasteiger partial charge in [0.1, 0.15) is 6.61 Å². The Morgan fingerprint density at radius 3 is 2.52 bits per heavy atom. The second-order valence-corrected chi connectivity index (χ2v) is 7.47. The van der Waals surface area contributed by atoms with Crippen LogP contribution in [0.25, 0.3) is 0 Å². The van der Waals surface area contributed by atoms with E-state index in [1.165, 1.54) is 0 Å². The Hall–Kier alpha value is 0.120. The maximum Gasteiger partial charge on any atom is 0.271 e. The SMILES string of the molecule is FC(F)(CCCO[C@H]1C[C@@H](OCc2ccccc2)C1)COPI. The zero-order valence-electron chi connectivity index (χ0n) is 12.8. The fourth-order valence-electron chi connectivity index (χ4n) is 2.36. The van der Waals surface area contributed by atoms with Crippen molar-refractivity contribution >= 4 is 28.5 Å². The predicted molar refractivity (Wildman–Crippen MR) is 96.5 cm³/mol. The minimum Gasteiger partial charge on any atom is -0.378 e. The van der Waals surface area contributed by atoms with Crippen LogP contribution in [0.2, 0.25) is 0 Å². The van der Waals surface area contributed by atoms with Crippen molar-refractivity contribution in [1.82, 2.24) is 0 Å². The molecule has 3 nitrogen and oxygen atoms in total. The summed E-state index contributed by atoms with van der Waals surface area (Å²) in [5, 5.41) is 0. The monoisotopic (exact) mass is 458 g/mol. The van der Waals surface area contributed by atoms with Gasteiger partial charge in [-0.15, -0.1) is 0 Å². The second kappa shape index (κ2) is 10.2. The minimum atomic E-state index is -2.75. The van der Waals surface area contributed by atoms with Gasteiger partial charge in [-0.25, -0.2) is 8.78 Å². The van der Waals surface area contributed by atoms with Gasteiger partial charge >= 0.3 is 0 Å². The molecule has 0 N–H and O–H groups in total. The van der Waals surface area contributed by atoms with E-state index in [1.807, 2.05) is 52.4 Å². The Morgan fingerprint density at radius 2 is 1.83 bits per heavy atom. The highest BCUT2D eigenvalue weighted by atomic mass is 127. The molecule has 1 fully saturated rings. The molecule has 1 aliphatic carbocycles. The summed E-state index contributed by atoms with van der Waals surface area (Å²) in [4.78, 5) is 0. The van der Waals surface area contributed by atoms with Crippen LogP contribution in [0.4, 0.5) is 8.78 Å². The lowest BCUT2D eigenvalue weighted by molar-refractivity contribution is -0.111. The molecule has 23 heavy (non-hydrogen) atoms. The van der Waals surface area contributed by atoms with Crippen LogP contribution in [0.15, 0.2) is 30.3 Å². The first-order chi connectivity index (χ1) is 11.1. The average molecular weight is 458 g/mol. The van der Waals surface area contributed by atoms with Gasteiger partial charge in [0.2, 0.25) is 0 Å². The highest BCUT2D eigenvalue weighted by Crippen LogP contribution is 2.30. The quantitative estimate of drug-likeness (QED) is 0.262. The van der Waals surface area contributed by atoms with E-state index < -0.39 is 12.5 Å². The summed E-state index contributed by atoms with van der Waals surface area (Å²) in [6, 6.07) is 10.0. The summed E-state index contributed by atoms with van der Waals surface area (Å²) in [5.74, 6) is -2.75. The molecule has 1 aromatic carbocycles. The van der Waals surface area contributed by atoms with E-state index in [2.05, 4.69) is 0 Å². The summed E-state index contributed by atoms with van der Waals surface area (Å²) in [7, 11) is 0. The van der Waals surface area contributed by atoms with Crippen LogP contribution in [-0.4, -0.2) is 31.3 Å². The lowest BCUT2D eigenvalue weighted by atomic mass is 9.92. The fourth-order valence-corrected chi connectivity index (χ4v) is 3.10. The molecule has 130 valence electrons. The summed E-state index contributed by atoms with van der Waals surface area (Å²) in [6.45, 7) is 0.566. The van der Waals surface area contributed by atoms with Crippen LogP contribution < -0.4 is 0 Å². The highest BCUT2D eigenvalue weighted by molar-refractivity contribution is 14.2. The van der Waals surface area contributed by atoms with E-state index in [0.29, 0.717) is 19.6 Å². The predicted octanol–water partition coefficient (Wildman–Crippen LogP) is 5.13. The smallest absolute Gasteiger partial charge is 0.271 e. The Labute approximate surface area is 150 Å². The van der Waals surface area contributed by atoms with Gasteiger partial charge in [0.15, 0.2) is 0 Å². The van der Waals surface area contributed by atoms with Gasteiger partial charge in [0.25, 0.3) is 5.92 Å². The Balaban J connectivity index is 1.48. The first-order valence-corrected chi connectivity index (χ1v) is 11.7. The van der Waals surface area contributed by atoms with Crippen LogP contribution in [0.5, 0.6) is 0 Å². The summed E-state index contributed by atoms with van der Waals surface area (Å²) < 4.78 is 42.9. The minimum absolute atomic E-state index is 0.0729. The number of hydrogen-bond donors (Lipinski definition) is 0. The van der Waals surface area contributed by atoms with E-state index in [-0.39, 0.29) is 25.1 Å². The van der Waals surface area contributed by atoms with Crippen molar-refractivity contribution in [2.75, 3.05) is 13.2 Å². The number of benzene rings is 1. The number of ether oxygens (including phenoxy) is 2. The first-order valence-electron chi connectivity index (χ1n) is 7.71. The van der Waals surface area contributed by atoms with Gasteiger partial charge in [0, 0.05) is 13.0 Å². The van der Waals surface area contributed by atoms with E-state index >= 15 is 0 Å². The van der Waals surface area contributed by atoms with Crippen molar-refractivity contribution in [2.24, 2.45) is 0 Å². The Morgan fingerprint density at radius 1 is 1.13 bits per heavy atom. The topological polar surface area (TPSA) is 27.7 Å². The zero-order valence-corrected chi connectivity index (χ0v) is 16.0. The van der Waals surface area contributed by atoms with E-state index in [1.54, 1.807) is 0 Å². The third kappa shape index (κ3) is 7.69. The molecule has 0 saturated heterocycles. The summed E-state index contributed by atoms with van der Waals surface area (Å²) >= 11 is 1.94. The molecule has 0 spiro atoms. The molecule has 0 amide bonds. The van der Waals surface area contributed by atoms with Gasteiger partial charge in [-0.2, -0.15) is 0 Å². The van der Waals surface area contributed by atoms with Crippen LogP contribution >= 0.6 is 28.5 Å². The molecule has 1 unspecified atom stereocenters. The standard InChI is InChI=1S/C16H22F2IO3P/c17-16(18,12-22-23-19)7-4-8-20-14-9-15(10-14)21-11-13-5-2-1-3-6-13/h1-3,5-6,14-15,23H,4,7-12H2/t14-,15+. The maximum absolute atomic E-state index is 13.4. The molecule has 0 aromatic heterocycles. The van der Waals surface area contributed by atoms with Gasteiger partial charge in [0.05, 0.1) is 25.3 Å². The first kappa shape index (κ1) is 19.4. The molecular weight excluding hydrogens is 436 g/mol. The van der Waals surface area contributed by atoms with Crippen LogP contribution in [0.1, 0.15) is 31.2 Å².